The maximum absolute atomic E-state index is 11.8. The van der Waals surface area contributed by atoms with Crippen LogP contribution in [0, 0.1) is 10.1 Å². The van der Waals surface area contributed by atoms with Gasteiger partial charge in [-0.2, -0.15) is 0 Å². The number of aliphatic hydroxyl groups is 1. The SMILES string of the molecule is CCOC(=O)c1ccc(-c2ccc(OC)cc2CCO)c([N+](=O)[O-])c1. The fourth-order valence-electron chi connectivity index (χ4n) is 2.54. The topological polar surface area (TPSA) is 98.9 Å². The summed E-state index contributed by atoms with van der Waals surface area (Å²) in [5.41, 5.74) is 1.61. The Kier molecular flexibility index (Phi) is 6.08. The Hall–Kier alpha value is -2.93. The van der Waals surface area contributed by atoms with Crippen molar-refractivity contribution >= 4 is 11.7 Å². The standard InChI is InChI=1S/C18H19NO6/c1-3-25-18(21)13-4-6-16(17(11-13)19(22)23)15-7-5-14(24-2)10-12(15)8-9-20/h4-7,10-11,20H,3,8-9H2,1-2H3. The molecule has 0 spiro atoms. The van der Waals surface area contributed by atoms with Gasteiger partial charge in [0.25, 0.3) is 5.69 Å². The summed E-state index contributed by atoms with van der Waals surface area (Å²) in [6.07, 6.45) is 0.323. The molecule has 7 heteroatoms. The van der Waals surface area contributed by atoms with Gasteiger partial charge in [0.2, 0.25) is 0 Å². The second-order valence-electron chi connectivity index (χ2n) is 5.21. The highest BCUT2D eigenvalue weighted by molar-refractivity contribution is 5.92. The normalized spacial score (nSPS) is 10.4. The zero-order valence-corrected chi connectivity index (χ0v) is 14.0. The molecule has 0 aliphatic heterocycles. The van der Waals surface area contributed by atoms with Crippen molar-refractivity contribution in [1.82, 2.24) is 0 Å². The van der Waals surface area contributed by atoms with Gasteiger partial charge >= 0.3 is 5.97 Å². The van der Waals surface area contributed by atoms with E-state index < -0.39 is 10.9 Å². The first-order chi connectivity index (χ1) is 12.0. The third kappa shape index (κ3) is 4.13. The Balaban J connectivity index is 2.58. The van der Waals surface area contributed by atoms with Crippen molar-refractivity contribution in [3.63, 3.8) is 0 Å². The smallest absolute Gasteiger partial charge is 0.338 e. The summed E-state index contributed by atoms with van der Waals surface area (Å²) in [5.74, 6) is -0.0135. The molecule has 0 aliphatic carbocycles. The van der Waals surface area contributed by atoms with Crippen LogP contribution in [0.25, 0.3) is 11.1 Å². The van der Waals surface area contributed by atoms with Crippen LogP contribution in [-0.2, 0) is 11.2 Å². The Morgan fingerprint density at radius 1 is 1.20 bits per heavy atom. The number of ether oxygens (including phenoxy) is 2. The lowest BCUT2D eigenvalue weighted by molar-refractivity contribution is -0.384. The van der Waals surface area contributed by atoms with E-state index in [2.05, 4.69) is 0 Å². The molecule has 2 aromatic carbocycles. The number of carbonyl (C=O) groups is 1. The molecule has 0 bridgehead atoms. The molecule has 2 aromatic rings. The van der Waals surface area contributed by atoms with Crippen molar-refractivity contribution < 1.29 is 24.3 Å². The van der Waals surface area contributed by atoms with Crippen LogP contribution in [-0.4, -0.2) is 36.3 Å². The van der Waals surface area contributed by atoms with E-state index in [-0.39, 0.29) is 24.5 Å². The number of nitro groups is 1. The Morgan fingerprint density at radius 3 is 2.52 bits per heavy atom. The van der Waals surface area contributed by atoms with Gasteiger partial charge < -0.3 is 14.6 Å². The maximum Gasteiger partial charge on any atom is 0.338 e. The van der Waals surface area contributed by atoms with Crippen LogP contribution in [0.4, 0.5) is 5.69 Å². The molecule has 0 unspecified atom stereocenters. The number of nitrogens with zero attached hydrogens (tertiary/aromatic N) is 1. The molecule has 0 heterocycles. The second kappa shape index (κ2) is 8.25. The monoisotopic (exact) mass is 345 g/mol. The molecule has 7 nitrogen and oxygen atoms in total. The molecule has 25 heavy (non-hydrogen) atoms. The van der Waals surface area contributed by atoms with Crippen molar-refractivity contribution in [1.29, 1.82) is 0 Å². The molecule has 0 radical (unpaired) electrons. The van der Waals surface area contributed by atoms with Crippen LogP contribution in [0.1, 0.15) is 22.8 Å². The van der Waals surface area contributed by atoms with Crippen LogP contribution >= 0.6 is 0 Å². The average molecular weight is 345 g/mol. The number of hydrogen-bond donors (Lipinski definition) is 1. The highest BCUT2D eigenvalue weighted by Gasteiger charge is 2.21. The molecule has 0 amide bonds. The minimum absolute atomic E-state index is 0.102. The number of carbonyl (C=O) groups excluding carboxylic acids is 1. The highest BCUT2D eigenvalue weighted by Crippen LogP contribution is 2.35. The van der Waals surface area contributed by atoms with Gasteiger partial charge in [0.05, 0.1) is 29.8 Å². The lowest BCUT2D eigenvalue weighted by Crippen LogP contribution is -2.06. The fraction of sp³-hybridized carbons (Fsp3) is 0.278. The van der Waals surface area contributed by atoms with Gasteiger partial charge in [0.15, 0.2) is 0 Å². The van der Waals surface area contributed by atoms with Crippen LogP contribution in [0.2, 0.25) is 0 Å². The van der Waals surface area contributed by atoms with Crippen molar-refractivity contribution in [3.05, 3.63) is 57.6 Å². The summed E-state index contributed by atoms with van der Waals surface area (Å²) in [4.78, 5) is 22.8. The number of esters is 1. The number of nitro benzene ring substituents is 1. The summed E-state index contributed by atoms with van der Waals surface area (Å²) < 4.78 is 10.1. The maximum atomic E-state index is 11.8. The number of benzene rings is 2. The van der Waals surface area contributed by atoms with E-state index in [1.165, 1.54) is 25.3 Å². The Morgan fingerprint density at radius 2 is 1.92 bits per heavy atom. The van der Waals surface area contributed by atoms with E-state index in [0.29, 0.717) is 28.9 Å². The molecule has 0 aromatic heterocycles. The second-order valence-corrected chi connectivity index (χ2v) is 5.21. The number of rotatable bonds is 7. The summed E-state index contributed by atoms with van der Waals surface area (Å²) in [6, 6.07) is 9.35. The molecule has 0 atom stereocenters. The van der Waals surface area contributed by atoms with Crippen molar-refractivity contribution in [2.24, 2.45) is 0 Å². The first-order valence-electron chi connectivity index (χ1n) is 7.75. The van der Waals surface area contributed by atoms with Gasteiger partial charge in [-0.3, -0.25) is 10.1 Å². The minimum atomic E-state index is -0.609. The van der Waals surface area contributed by atoms with Gasteiger partial charge in [0.1, 0.15) is 5.75 Å². The largest absolute Gasteiger partial charge is 0.497 e. The number of aliphatic hydroxyl groups excluding tert-OH is 1. The van der Waals surface area contributed by atoms with Gasteiger partial charge in [-0.25, -0.2) is 4.79 Å². The van der Waals surface area contributed by atoms with Crippen molar-refractivity contribution in [2.45, 2.75) is 13.3 Å². The zero-order chi connectivity index (χ0) is 18.4. The molecule has 0 saturated carbocycles. The van der Waals surface area contributed by atoms with Crippen LogP contribution in [0.3, 0.4) is 0 Å². The molecule has 0 fully saturated rings. The van der Waals surface area contributed by atoms with E-state index >= 15 is 0 Å². The quantitative estimate of drug-likeness (QED) is 0.470. The Bertz CT molecular complexity index is 787. The lowest BCUT2D eigenvalue weighted by Gasteiger charge is -2.12. The first-order valence-corrected chi connectivity index (χ1v) is 7.75. The average Bonchev–Trinajstić information content (AvgIpc) is 2.61. The molecule has 132 valence electrons. The van der Waals surface area contributed by atoms with Crippen LogP contribution < -0.4 is 4.74 Å². The van der Waals surface area contributed by atoms with Crippen molar-refractivity contribution in [2.75, 3.05) is 20.3 Å². The molecular formula is C18H19NO6. The van der Waals surface area contributed by atoms with Gasteiger partial charge in [-0.05, 0) is 48.7 Å². The molecular weight excluding hydrogens is 326 g/mol. The summed E-state index contributed by atoms with van der Waals surface area (Å²) in [7, 11) is 1.52. The Labute approximate surface area is 145 Å². The van der Waals surface area contributed by atoms with E-state index in [4.69, 9.17) is 9.47 Å². The van der Waals surface area contributed by atoms with E-state index in [9.17, 15) is 20.0 Å². The highest BCUT2D eigenvalue weighted by atomic mass is 16.6. The molecule has 1 N–H and O–H groups in total. The number of hydrogen-bond acceptors (Lipinski definition) is 6. The molecule has 0 saturated heterocycles. The van der Waals surface area contributed by atoms with E-state index in [0.717, 1.165) is 0 Å². The van der Waals surface area contributed by atoms with Gasteiger partial charge in [0, 0.05) is 12.7 Å². The molecule has 0 aliphatic rings. The zero-order valence-electron chi connectivity index (χ0n) is 14.0. The summed E-state index contributed by atoms with van der Waals surface area (Å²) >= 11 is 0. The van der Waals surface area contributed by atoms with Crippen LogP contribution in [0.15, 0.2) is 36.4 Å². The predicted octanol–water partition coefficient (Wildman–Crippen LogP) is 2.98. The number of methoxy groups -OCH3 is 1. The third-order valence-corrected chi connectivity index (χ3v) is 3.69. The van der Waals surface area contributed by atoms with Gasteiger partial charge in [-0.1, -0.05) is 6.07 Å². The van der Waals surface area contributed by atoms with Crippen LogP contribution in [0.5, 0.6) is 5.75 Å². The summed E-state index contributed by atoms with van der Waals surface area (Å²) in [6.45, 7) is 1.75. The van der Waals surface area contributed by atoms with Crippen molar-refractivity contribution in [3.8, 4) is 16.9 Å². The fourth-order valence-corrected chi connectivity index (χ4v) is 2.54. The van der Waals surface area contributed by atoms with E-state index in [1.54, 1.807) is 25.1 Å². The summed E-state index contributed by atoms with van der Waals surface area (Å²) in [5, 5.41) is 20.8. The van der Waals surface area contributed by atoms with E-state index in [1.807, 2.05) is 0 Å². The third-order valence-electron chi connectivity index (χ3n) is 3.69. The lowest BCUT2D eigenvalue weighted by atomic mass is 9.95. The predicted molar refractivity (Wildman–Crippen MR) is 91.8 cm³/mol. The van der Waals surface area contributed by atoms with Gasteiger partial charge in [-0.15, -0.1) is 0 Å². The molecule has 2 rings (SSSR count). The first kappa shape index (κ1) is 18.4. The minimum Gasteiger partial charge on any atom is -0.497 e.